The third-order valence-corrected chi connectivity index (χ3v) is 5.23. The molecule has 0 unspecified atom stereocenters. The van der Waals surface area contributed by atoms with E-state index in [1.165, 1.54) is 11.8 Å². The third-order valence-electron chi connectivity index (χ3n) is 4.60. The maximum absolute atomic E-state index is 12.6. The molecular weight excluding hydrogens is 421 g/mol. The first-order chi connectivity index (χ1) is 14.3. The molecule has 2 N–H and O–H groups in total. The molecule has 0 atom stereocenters. The van der Waals surface area contributed by atoms with Crippen molar-refractivity contribution in [3.05, 3.63) is 82.3 Å². The summed E-state index contributed by atoms with van der Waals surface area (Å²) in [5.74, 6) is -0.225. The fraction of sp³-hybridized carbons (Fsp3) is 0.130. The van der Waals surface area contributed by atoms with Crippen LogP contribution in [-0.4, -0.2) is 18.9 Å². The van der Waals surface area contributed by atoms with Gasteiger partial charge in [-0.05, 0) is 48.0 Å². The number of nitrogens with zero attached hydrogens (tertiary/aromatic N) is 1. The van der Waals surface area contributed by atoms with E-state index in [2.05, 4.69) is 10.6 Å². The van der Waals surface area contributed by atoms with E-state index >= 15 is 0 Å². The van der Waals surface area contributed by atoms with Crippen molar-refractivity contribution in [2.24, 2.45) is 0 Å². The Bertz CT molecular complexity index is 1050. The second-order valence-electron chi connectivity index (χ2n) is 6.73. The Morgan fingerprint density at radius 1 is 0.900 bits per heavy atom. The summed E-state index contributed by atoms with van der Waals surface area (Å²) in [5, 5.41) is 7.10. The summed E-state index contributed by atoms with van der Waals surface area (Å²) in [6.45, 7) is 1.50. The van der Waals surface area contributed by atoms with Gasteiger partial charge in [-0.25, -0.2) is 0 Å². The summed E-state index contributed by atoms with van der Waals surface area (Å²) < 4.78 is 0. The lowest BCUT2D eigenvalue weighted by Crippen LogP contribution is -2.22. The quantitative estimate of drug-likeness (QED) is 0.500. The highest BCUT2D eigenvalue weighted by Gasteiger charge is 2.12. The number of halogens is 2. The number of amides is 2. The van der Waals surface area contributed by atoms with E-state index in [-0.39, 0.29) is 18.2 Å². The number of hydrogen-bond acceptors (Lipinski definition) is 3. The average molecular weight is 442 g/mol. The average Bonchev–Trinajstić information content (AvgIpc) is 2.72. The van der Waals surface area contributed by atoms with Crippen molar-refractivity contribution < 1.29 is 9.59 Å². The van der Waals surface area contributed by atoms with Gasteiger partial charge in [-0.3, -0.25) is 9.59 Å². The van der Waals surface area contributed by atoms with E-state index in [1.807, 2.05) is 24.3 Å². The fourth-order valence-electron chi connectivity index (χ4n) is 2.88. The first-order valence-corrected chi connectivity index (χ1v) is 10.0. The minimum Gasteiger partial charge on any atom is -0.353 e. The number of para-hydroxylation sites is 2. The molecule has 7 heteroatoms. The van der Waals surface area contributed by atoms with Crippen LogP contribution in [0.15, 0.2) is 66.7 Å². The summed E-state index contributed by atoms with van der Waals surface area (Å²) in [4.78, 5) is 25.6. The molecular formula is C23H21Cl2N3O2. The van der Waals surface area contributed by atoms with E-state index < -0.39 is 0 Å². The first-order valence-electron chi connectivity index (χ1n) is 9.28. The van der Waals surface area contributed by atoms with E-state index in [1.54, 1.807) is 49.5 Å². The van der Waals surface area contributed by atoms with E-state index in [9.17, 15) is 9.59 Å². The van der Waals surface area contributed by atoms with Crippen molar-refractivity contribution in [2.45, 2.75) is 13.3 Å². The lowest BCUT2D eigenvalue weighted by Gasteiger charge is -2.16. The zero-order valence-corrected chi connectivity index (χ0v) is 18.1. The lowest BCUT2D eigenvalue weighted by molar-refractivity contribution is -0.116. The molecule has 0 aliphatic heterocycles. The second kappa shape index (κ2) is 9.65. The van der Waals surface area contributed by atoms with E-state index in [0.29, 0.717) is 21.4 Å². The second-order valence-corrected chi connectivity index (χ2v) is 7.54. The molecule has 3 aromatic rings. The molecule has 0 aliphatic rings. The zero-order valence-electron chi connectivity index (χ0n) is 16.6. The predicted molar refractivity (Wildman–Crippen MR) is 124 cm³/mol. The largest absolute Gasteiger partial charge is 0.353 e. The molecule has 0 radical (unpaired) electrons. The van der Waals surface area contributed by atoms with Gasteiger partial charge in [0.05, 0.1) is 22.2 Å². The van der Waals surface area contributed by atoms with Crippen LogP contribution in [0.5, 0.6) is 0 Å². The van der Waals surface area contributed by atoms with Crippen molar-refractivity contribution in [3.8, 4) is 0 Å². The van der Waals surface area contributed by atoms with Crippen LogP contribution in [0.4, 0.5) is 22.7 Å². The Hall–Kier alpha value is -3.02. The van der Waals surface area contributed by atoms with Gasteiger partial charge < -0.3 is 15.5 Å². The Morgan fingerprint density at radius 2 is 1.53 bits per heavy atom. The zero-order chi connectivity index (χ0) is 21.7. The monoisotopic (exact) mass is 441 g/mol. The van der Waals surface area contributed by atoms with Gasteiger partial charge in [-0.2, -0.15) is 0 Å². The predicted octanol–water partition coefficient (Wildman–Crippen LogP) is 5.90. The highest BCUT2D eigenvalue weighted by atomic mass is 35.5. The molecule has 30 heavy (non-hydrogen) atoms. The minimum atomic E-state index is -0.165. The molecule has 0 aromatic heterocycles. The van der Waals surface area contributed by atoms with Gasteiger partial charge in [-0.15, -0.1) is 0 Å². The molecule has 2 amide bonds. The van der Waals surface area contributed by atoms with Crippen molar-refractivity contribution in [3.63, 3.8) is 0 Å². The Labute approximate surface area is 185 Å². The number of carbonyl (C=O) groups excluding carboxylic acids is 2. The smallest absolute Gasteiger partial charge is 0.228 e. The van der Waals surface area contributed by atoms with Crippen LogP contribution in [0.2, 0.25) is 10.0 Å². The molecule has 0 bridgehead atoms. The molecule has 154 valence electrons. The van der Waals surface area contributed by atoms with Crippen LogP contribution in [0.25, 0.3) is 0 Å². The SMILES string of the molecule is CC(=O)N(C)c1ccc(NC(=O)Cc2ccccc2Nc2c(Cl)cccc2Cl)cc1. The van der Waals surface area contributed by atoms with Crippen LogP contribution in [0.1, 0.15) is 12.5 Å². The number of carbonyl (C=O) groups is 2. The van der Waals surface area contributed by atoms with Crippen LogP contribution in [0, 0.1) is 0 Å². The highest BCUT2D eigenvalue weighted by Crippen LogP contribution is 2.33. The molecule has 5 nitrogen and oxygen atoms in total. The van der Waals surface area contributed by atoms with Crippen LogP contribution in [0.3, 0.4) is 0 Å². The Kier molecular flexibility index (Phi) is 6.98. The van der Waals surface area contributed by atoms with Gasteiger partial charge in [0.25, 0.3) is 0 Å². The van der Waals surface area contributed by atoms with Crippen LogP contribution >= 0.6 is 23.2 Å². The summed E-state index contributed by atoms with van der Waals surface area (Å²) in [7, 11) is 1.70. The van der Waals surface area contributed by atoms with Crippen molar-refractivity contribution >= 4 is 57.8 Å². The van der Waals surface area contributed by atoms with Crippen LogP contribution < -0.4 is 15.5 Å². The lowest BCUT2D eigenvalue weighted by atomic mass is 10.1. The molecule has 0 saturated heterocycles. The van der Waals surface area contributed by atoms with E-state index in [4.69, 9.17) is 23.2 Å². The summed E-state index contributed by atoms with van der Waals surface area (Å²) in [6.07, 6.45) is 0.167. The van der Waals surface area contributed by atoms with Crippen molar-refractivity contribution in [2.75, 3.05) is 22.6 Å². The van der Waals surface area contributed by atoms with Crippen molar-refractivity contribution in [1.82, 2.24) is 0 Å². The Morgan fingerprint density at radius 3 is 2.17 bits per heavy atom. The maximum Gasteiger partial charge on any atom is 0.228 e. The number of benzene rings is 3. The number of anilines is 4. The normalized spacial score (nSPS) is 10.4. The molecule has 3 rings (SSSR count). The third kappa shape index (κ3) is 5.32. The van der Waals surface area contributed by atoms with Crippen molar-refractivity contribution in [1.29, 1.82) is 0 Å². The summed E-state index contributed by atoms with van der Waals surface area (Å²) >= 11 is 12.5. The molecule has 0 spiro atoms. The summed E-state index contributed by atoms with van der Waals surface area (Å²) in [6, 6.07) is 19.9. The standard InChI is InChI=1S/C23H21Cl2N3O2/c1-15(29)28(2)18-12-10-17(11-13-18)26-22(30)14-16-6-3-4-9-21(16)27-23-19(24)7-5-8-20(23)25/h3-13,27H,14H2,1-2H3,(H,26,30). The van der Waals surface area contributed by atoms with Gasteiger partial charge in [-0.1, -0.05) is 47.5 Å². The fourth-order valence-corrected chi connectivity index (χ4v) is 3.37. The highest BCUT2D eigenvalue weighted by molar-refractivity contribution is 6.39. The van der Waals surface area contributed by atoms with Gasteiger partial charge >= 0.3 is 0 Å². The topological polar surface area (TPSA) is 61.4 Å². The molecule has 3 aromatic carbocycles. The van der Waals surface area contributed by atoms with Gasteiger partial charge in [0.1, 0.15) is 0 Å². The summed E-state index contributed by atoms with van der Waals surface area (Å²) in [5.41, 5.74) is 3.56. The number of nitrogens with one attached hydrogen (secondary N) is 2. The number of hydrogen-bond donors (Lipinski definition) is 2. The number of rotatable bonds is 6. The molecule has 0 saturated carbocycles. The van der Waals surface area contributed by atoms with Gasteiger partial charge in [0.2, 0.25) is 11.8 Å². The minimum absolute atomic E-state index is 0.0606. The molecule has 0 aliphatic carbocycles. The Balaban J connectivity index is 1.71. The van der Waals surface area contributed by atoms with E-state index in [0.717, 1.165) is 16.9 Å². The first kappa shape index (κ1) is 21.7. The molecule has 0 fully saturated rings. The van der Waals surface area contributed by atoms with Gasteiger partial charge in [0, 0.05) is 31.0 Å². The van der Waals surface area contributed by atoms with Crippen LogP contribution in [-0.2, 0) is 16.0 Å². The maximum atomic E-state index is 12.6. The van der Waals surface area contributed by atoms with Gasteiger partial charge in [0.15, 0.2) is 0 Å². The molecule has 0 heterocycles.